The fourth-order valence-corrected chi connectivity index (χ4v) is 4.10. The van der Waals surface area contributed by atoms with E-state index in [2.05, 4.69) is 20.4 Å². The number of methoxy groups -OCH3 is 1. The molecule has 2 N–H and O–H groups in total. The maximum Gasteiger partial charge on any atom is 0.411 e. The number of imidazole rings is 1. The molecule has 1 aliphatic heterocycles. The molecule has 2 amide bonds. The third-order valence-corrected chi connectivity index (χ3v) is 5.84. The zero-order valence-corrected chi connectivity index (χ0v) is 21.0. The highest BCUT2D eigenvalue weighted by molar-refractivity contribution is 7.92. The molecule has 1 aliphatic rings. The van der Waals surface area contributed by atoms with E-state index in [-0.39, 0.29) is 47.9 Å². The minimum absolute atomic E-state index is 0.0507. The van der Waals surface area contributed by atoms with Gasteiger partial charge >= 0.3 is 12.1 Å². The van der Waals surface area contributed by atoms with Gasteiger partial charge in [0.15, 0.2) is 12.3 Å². The minimum Gasteiger partial charge on any atom is -0.465 e. The summed E-state index contributed by atoms with van der Waals surface area (Å²) in [5.41, 5.74) is 1.26. The summed E-state index contributed by atoms with van der Waals surface area (Å²) in [7, 11) is 1.23. The molecule has 0 saturated heterocycles. The normalized spacial score (nSPS) is 15.4. The van der Waals surface area contributed by atoms with Gasteiger partial charge in [0.1, 0.15) is 22.6 Å². The molecule has 1 unspecified atom stereocenters. The Hall–Kier alpha value is -2.79. The Morgan fingerprint density at radius 3 is 2.74 bits per heavy atom. The number of carbonyl (C=O) groups excluding carboxylic acids is 3. The summed E-state index contributed by atoms with van der Waals surface area (Å²) in [6.07, 6.45) is 0.880. The van der Waals surface area contributed by atoms with Crippen LogP contribution in [0.4, 0.5) is 20.1 Å². The summed E-state index contributed by atoms with van der Waals surface area (Å²) in [5.74, 6) is -1.50. The van der Waals surface area contributed by atoms with E-state index < -0.39 is 18.0 Å². The number of fused-ring (bicyclic) bond motifs is 4. The summed E-state index contributed by atoms with van der Waals surface area (Å²) < 4.78 is 24.7. The van der Waals surface area contributed by atoms with Gasteiger partial charge in [-0.15, -0.1) is 3.89 Å². The maximum atomic E-state index is 13.9. The zero-order chi connectivity index (χ0) is 25.3. The second-order valence-electron chi connectivity index (χ2n) is 6.95. The van der Waals surface area contributed by atoms with E-state index in [0.717, 1.165) is 3.97 Å². The highest BCUT2D eigenvalue weighted by atomic mass is 35.5. The highest BCUT2D eigenvalue weighted by Crippen LogP contribution is 2.40. The minimum atomic E-state index is -0.837. The number of nitrogens with one attached hydrogen (secondary N) is 2. The predicted molar refractivity (Wildman–Crippen MR) is 131 cm³/mol. The van der Waals surface area contributed by atoms with Crippen LogP contribution in [0.5, 0.6) is 0 Å². The molecule has 2 aromatic rings. The molecule has 2 bridgehead atoms. The average Bonchev–Trinajstić information content (AvgIpc) is 3.15. The van der Waals surface area contributed by atoms with E-state index in [1.165, 1.54) is 13.2 Å². The maximum absolute atomic E-state index is 13.9. The molecule has 0 spiro atoms. The van der Waals surface area contributed by atoms with Crippen LogP contribution in [0.1, 0.15) is 58.2 Å². The van der Waals surface area contributed by atoms with Crippen molar-refractivity contribution in [3.8, 4) is 11.3 Å². The van der Waals surface area contributed by atoms with Crippen LogP contribution < -0.4 is 10.6 Å². The summed E-state index contributed by atoms with van der Waals surface area (Å²) in [6, 6.07) is 4.67. The van der Waals surface area contributed by atoms with Crippen molar-refractivity contribution in [1.82, 2.24) is 8.96 Å². The number of hydrogen-bond donors (Lipinski definition) is 2. The van der Waals surface area contributed by atoms with Crippen LogP contribution in [0.2, 0.25) is 5.15 Å². The molecule has 186 valence electrons. The van der Waals surface area contributed by atoms with E-state index in [0.29, 0.717) is 36.2 Å². The Kier molecular flexibility index (Phi) is 10.6. The monoisotopic (exact) mass is 514 g/mol. The Morgan fingerprint density at radius 1 is 1.35 bits per heavy atom. The van der Waals surface area contributed by atoms with Gasteiger partial charge < -0.3 is 14.8 Å². The van der Waals surface area contributed by atoms with Crippen LogP contribution in [0.25, 0.3) is 11.3 Å². The number of aromatic nitrogens is 2. The first-order chi connectivity index (χ1) is 16.4. The lowest BCUT2D eigenvalue weighted by molar-refractivity contribution is -0.145. The summed E-state index contributed by atoms with van der Waals surface area (Å²) in [6.45, 7) is 5.85. The van der Waals surface area contributed by atoms with Gasteiger partial charge in [-0.1, -0.05) is 31.9 Å². The van der Waals surface area contributed by atoms with Gasteiger partial charge in [0.25, 0.3) is 0 Å². The van der Waals surface area contributed by atoms with Crippen LogP contribution >= 0.6 is 23.9 Å². The molecule has 0 saturated carbocycles. The molecule has 34 heavy (non-hydrogen) atoms. The molecule has 9 nitrogen and oxygen atoms in total. The quantitative estimate of drug-likeness (QED) is 0.485. The van der Waals surface area contributed by atoms with Crippen LogP contribution in [-0.2, 0) is 19.1 Å². The highest BCUT2D eigenvalue weighted by Gasteiger charge is 2.31. The van der Waals surface area contributed by atoms with Gasteiger partial charge in [0.05, 0.1) is 19.4 Å². The standard InChI is InChI=1S/C20H22ClFN4O5S.C2H6/c1-3-31-19(28)13-6-4-5-7-15(27)24-14-10-11(23-20(29)30-2)8-9-12(14)16-17(21)26(32-22)18(13)25-16;1-2/h8-10,13H,3-7H2,1-2H3,(H,23,29)(H,24,27);1-2H3. The molecule has 1 aromatic carbocycles. The van der Waals surface area contributed by atoms with E-state index in [1.807, 2.05) is 13.8 Å². The second-order valence-corrected chi connectivity index (χ2v) is 7.81. The second kappa shape index (κ2) is 13.2. The van der Waals surface area contributed by atoms with Crippen molar-refractivity contribution in [3.63, 3.8) is 0 Å². The third kappa shape index (κ3) is 6.41. The number of anilines is 2. The van der Waals surface area contributed by atoms with Crippen molar-refractivity contribution in [3.05, 3.63) is 29.2 Å². The van der Waals surface area contributed by atoms with Gasteiger partial charge in [-0.2, -0.15) is 0 Å². The Labute approximate surface area is 207 Å². The van der Waals surface area contributed by atoms with E-state index in [4.69, 9.17) is 16.3 Å². The summed E-state index contributed by atoms with van der Waals surface area (Å²) >= 11 is 6.28. The number of nitrogens with zero attached hydrogens (tertiary/aromatic N) is 2. The van der Waals surface area contributed by atoms with E-state index in [9.17, 15) is 18.3 Å². The van der Waals surface area contributed by atoms with Gasteiger partial charge in [-0.25, -0.2) is 13.8 Å². The molecule has 2 heterocycles. The topological polar surface area (TPSA) is 112 Å². The number of hydrogen-bond acceptors (Lipinski definition) is 7. The van der Waals surface area contributed by atoms with Crippen LogP contribution in [-0.4, -0.2) is 40.6 Å². The van der Waals surface area contributed by atoms with E-state index in [1.54, 1.807) is 19.1 Å². The van der Waals surface area contributed by atoms with Gasteiger partial charge in [0, 0.05) is 17.7 Å². The smallest absolute Gasteiger partial charge is 0.411 e. The number of ether oxygens (including phenoxy) is 2. The first-order valence-electron chi connectivity index (χ1n) is 10.9. The molecule has 3 rings (SSSR count). The van der Waals surface area contributed by atoms with Crippen molar-refractivity contribution in [1.29, 1.82) is 0 Å². The molecule has 0 radical (unpaired) electrons. The number of esters is 1. The molecule has 1 aromatic heterocycles. The van der Waals surface area contributed by atoms with Crippen LogP contribution in [0.15, 0.2) is 18.2 Å². The first kappa shape index (κ1) is 27.5. The molecule has 0 aliphatic carbocycles. The van der Waals surface area contributed by atoms with Gasteiger partial charge in [-0.05, 0) is 38.0 Å². The zero-order valence-electron chi connectivity index (χ0n) is 19.4. The van der Waals surface area contributed by atoms with Crippen molar-refractivity contribution in [2.75, 3.05) is 24.4 Å². The SMILES string of the molecule is CC.CCOC(=O)C1CCCCC(=O)Nc2cc(NC(=O)OC)ccc2-c2nc1n(SF)c2Cl. The number of benzene rings is 1. The number of halogens is 2. The molecule has 12 heteroatoms. The third-order valence-electron chi connectivity index (χ3n) is 4.89. The number of amides is 2. The molecule has 0 fully saturated rings. The van der Waals surface area contributed by atoms with Gasteiger partial charge in [0.2, 0.25) is 5.91 Å². The first-order valence-corrected chi connectivity index (χ1v) is 12.0. The van der Waals surface area contributed by atoms with Crippen LogP contribution in [0.3, 0.4) is 0 Å². The summed E-state index contributed by atoms with van der Waals surface area (Å²) in [4.78, 5) is 41.2. The lowest BCUT2D eigenvalue weighted by atomic mass is 10.00. The van der Waals surface area contributed by atoms with Crippen molar-refractivity contribution < 1.29 is 27.7 Å². The van der Waals surface area contributed by atoms with Crippen molar-refractivity contribution in [2.24, 2.45) is 0 Å². The number of rotatable bonds is 4. The molecular formula is C22H28ClFN4O5S. The van der Waals surface area contributed by atoms with Crippen molar-refractivity contribution >= 4 is 53.3 Å². The van der Waals surface area contributed by atoms with E-state index >= 15 is 0 Å². The fraction of sp³-hybridized carbons (Fsp3) is 0.455. The summed E-state index contributed by atoms with van der Waals surface area (Å²) in [5, 5.41) is 5.27. The van der Waals surface area contributed by atoms with Crippen molar-refractivity contribution in [2.45, 2.75) is 52.4 Å². The Bertz CT molecular complexity index is 1030. The lowest BCUT2D eigenvalue weighted by Gasteiger charge is -2.16. The van der Waals surface area contributed by atoms with Gasteiger partial charge in [-0.3, -0.25) is 14.9 Å². The average molecular weight is 515 g/mol. The number of carbonyl (C=O) groups is 3. The Balaban J connectivity index is 0.00000199. The lowest BCUT2D eigenvalue weighted by Crippen LogP contribution is -2.19. The fourth-order valence-electron chi connectivity index (χ4n) is 3.40. The largest absolute Gasteiger partial charge is 0.465 e. The Morgan fingerprint density at radius 2 is 2.09 bits per heavy atom. The van der Waals surface area contributed by atoms with Crippen LogP contribution in [0, 0.1) is 0 Å². The predicted octanol–water partition coefficient (Wildman–Crippen LogP) is 5.95. The molecule has 1 atom stereocenters. The molecular weight excluding hydrogens is 487 g/mol.